The van der Waals surface area contributed by atoms with Gasteiger partial charge in [0.05, 0.1) is 19.1 Å². The van der Waals surface area contributed by atoms with Gasteiger partial charge >= 0.3 is 0 Å². The summed E-state index contributed by atoms with van der Waals surface area (Å²) < 4.78 is 0. The zero-order valence-electron chi connectivity index (χ0n) is 11.7. The molecule has 2 rings (SSSR count). The first kappa shape index (κ1) is 14.5. The summed E-state index contributed by atoms with van der Waals surface area (Å²) >= 11 is 0. The number of hydrogen-bond acceptors (Lipinski definition) is 3. The normalized spacial score (nSPS) is 15.4. The van der Waals surface area contributed by atoms with E-state index in [1.807, 2.05) is 37.3 Å². The molecule has 0 heterocycles. The molecule has 5 heteroatoms. The topological polar surface area (TPSA) is 70.2 Å². The van der Waals surface area contributed by atoms with Gasteiger partial charge in [-0.1, -0.05) is 30.3 Å². The maximum Gasteiger partial charge on any atom is 0.239 e. The first-order chi connectivity index (χ1) is 9.65. The Morgan fingerprint density at radius 3 is 2.50 bits per heavy atom. The molecular weight excluding hydrogens is 254 g/mol. The second-order valence-corrected chi connectivity index (χ2v) is 5.13. The van der Waals surface area contributed by atoms with E-state index in [0.29, 0.717) is 6.04 Å². The number of carbonyl (C=O) groups is 2. The highest BCUT2D eigenvalue weighted by atomic mass is 16.2. The Morgan fingerprint density at radius 1 is 1.15 bits per heavy atom. The number of carbonyl (C=O) groups excluding carboxylic acids is 2. The van der Waals surface area contributed by atoms with E-state index in [1.54, 1.807) is 0 Å². The van der Waals surface area contributed by atoms with Crippen molar-refractivity contribution < 1.29 is 9.59 Å². The molecule has 0 aliphatic heterocycles. The zero-order valence-corrected chi connectivity index (χ0v) is 11.7. The van der Waals surface area contributed by atoms with E-state index in [9.17, 15) is 9.59 Å². The van der Waals surface area contributed by atoms with Crippen LogP contribution in [0.15, 0.2) is 30.3 Å². The standard InChI is InChI=1S/C15H21N3O2/c1-11(12-5-3-2-4-6-12)18-15(20)10-17-14(19)9-16-13-7-8-13/h2-6,11,13,16H,7-10H2,1H3,(H,17,19)(H,18,20)/t11-/m1/s1. The van der Waals surface area contributed by atoms with Crippen molar-refractivity contribution in [2.45, 2.75) is 31.8 Å². The molecule has 1 aromatic carbocycles. The van der Waals surface area contributed by atoms with E-state index < -0.39 is 0 Å². The molecule has 0 aromatic heterocycles. The number of hydrogen-bond donors (Lipinski definition) is 3. The molecule has 0 unspecified atom stereocenters. The third-order valence-corrected chi connectivity index (χ3v) is 3.25. The molecular formula is C15H21N3O2. The quantitative estimate of drug-likeness (QED) is 0.687. The van der Waals surface area contributed by atoms with E-state index in [4.69, 9.17) is 0 Å². The van der Waals surface area contributed by atoms with Crippen molar-refractivity contribution in [3.63, 3.8) is 0 Å². The van der Waals surface area contributed by atoms with Crippen LogP contribution in [0, 0.1) is 0 Å². The number of rotatable bonds is 7. The molecule has 0 spiro atoms. The van der Waals surface area contributed by atoms with E-state index in [0.717, 1.165) is 18.4 Å². The largest absolute Gasteiger partial charge is 0.348 e. The van der Waals surface area contributed by atoms with Crippen LogP contribution < -0.4 is 16.0 Å². The lowest BCUT2D eigenvalue weighted by molar-refractivity contribution is -0.126. The van der Waals surface area contributed by atoms with E-state index in [2.05, 4.69) is 16.0 Å². The fourth-order valence-electron chi connectivity index (χ4n) is 1.88. The Labute approximate surface area is 119 Å². The van der Waals surface area contributed by atoms with Crippen LogP contribution >= 0.6 is 0 Å². The summed E-state index contributed by atoms with van der Waals surface area (Å²) in [6.07, 6.45) is 2.28. The Hall–Kier alpha value is -1.88. The highest BCUT2D eigenvalue weighted by Gasteiger charge is 2.21. The third kappa shape index (κ3) is 5.01. The average Bonchev–Trinajstić information content (AvgIpc) is 3.28. The molecule has 5 nitrogen and oxygen atoms in total. The number of nitrogens with one attached hydrogen (secondary N) is 3. The van der Waals surface area contributed by atoms with Gasteiger partial charge in [0, 0.05) is 6.04 Å². The van der Waals surface area contributed by atoms with Gasteiger partial charge in [0.15, 0.2) is 0 Å². The molecule has 0 saturated heterocycles. The van der Waals surface area contributed by atoms with E-state index in [-0.39, 0.29) is 30.9 Å². The number of amides is 2. The van der Waals surface area contributed by atoms with E-state index in [1.165, 1.54) is 0 Å². The van der Waals surface area contributed by atoms with Crippen LogP contribution in [0.4, 0.5) is 0 Å². The zero-order chi connectivity index (χ0) is 14.4. The summed E-state index contributed by atoms with van der Waals surface area (Å²) in [4.78, 5) is 23.2. The van der Waals surface area contributed by atoms with Crippen LogP contribution in [0.25, 0.3) is 0 Å². The Balaban J connectivity index is 1.65. The van der Waals surface area contributed by atoms with Gasteiger partial charge in [0.2, 0.25) is 11.8 Å². The Morgan fingerprint density at radius 2 is 1.85 bits per heavy atom. The van der Waals surface area contributed by atoms with Crippen LogP contribution in [-0.4, -0.2) is 30.9 Å². The first-order valence-electron chi connectivity index (χ1n) is 6.99. The van der Waals surface area contributed by atoms with Crippen LogP contribution in [0.1, 0.15) is 31.4 Å². The summed E-state index contributed by atoms with van der Waals surface area (Å²) in [5.41, 5.74) is 1.04. The minimum absolute atomic E-state index is 0.0162. The van der Waals surface area contributed by atoms with Crippen molar-refractivity contribution in [1.82, 2.24) is 16.0 Å². The highest BCUT2D eigenvalue weighted by Crippen LogP contribution is 2.17. The lowest BCUT2D eigenvalue weighted by atomic mass is 10.1. The second kappa shape index (κ2) is 7.05. The first-order valence-corrected chi connectivity index (χ1v) is 6.99. The molecule has 108 valence electrons. The van der Waals surface area contributed by atoms with Crippen molar-refractivity contribution in [1.29, 1.82) is 0 Å². The summed E-state index contributed by atoms with van der Waals surface area (Å²) in [6.45, 7) is 2.22. The minimum Gasteiger partial charge on any atom is -0.348 e. The number of benzene rings is 1. The van der Waals surface area contributed by atoms with E-state index >= 15 is 0 Å². The van der Waals surface area contributed by atoms with Crippen molar-refractivity contribution in [3.05, 3.63) is 35.9 Å². The van der Waals surface area contributed by atoms with Crippen molar-refractivity contribution in [2.75, 3.05) is 13.1 Å². The van der Waals surface area contributed by atoms with Gasteiger partial charge in [-0.25, -0.2) is 0 Å². The third-order valence-electron chi connectivity index (χ3n) is 3.25. The molecule has 1 atom stereocenters. The Kier molecular flexibility index (Phi) is 5.12. The maximum absolute atomic E-state index is 11.7. The SMILES string of the molecule is C[C@@H](NC(=O)CNC(=O)CNC1CC1)c1ccccc1. The van der Waals surface area contributed by atoms with Gasteiger partial charge in [-0.15, -0.1) is 0 Å². The summed E-state index contributed by atoms with van der Waals surface area (Å²) in [7, 11) is 0. The molecule has 0 radical (unpaired) electrons. The molecule has 1 aliphatic rings. The van der Waals surface area contributed by atoms with Crippen molar-refractivity contribution in [2.24, 2.45) is 0 Å². The maximum atomic E-state index is 11.7. The average molecular weight is 275 g/mol. The van der Waals surface area contributed by atoms with Gasteiger partial charge in [0.1, 0.15) is 0 Å². The Bertz CT molecular complexity index is 457. The second-order valence-electron chi connectivity index (χ2n) is 5.13. The predicted molar refractivity (Wildman–Crippen MR) is 77.0 cm³/mol. The molecule has 1 fully saturated rings. The lowest BCUT2D eigenvalue weighted by Crippen LogP contribution is -2.41. The van der Waals surface area contributed by atoms with Crippen LogP contribution in [0.3, 0.4) is 0 Å². The minimum atomic E-state index is -0.180. The van der Waals surface area contributed by atoms with Gasteiger partial charge in [-0.2, -0.15) is 0 Å². The van der Waals surface area contributed by atoms with Crippen LogP contribution in [-0.2, 0) is 9.59 Å². The molecule has 1 saturated carbocycles. The summed E-state index contributed by atoms with van der Waals surface area (Å²) in [5, 5.41) is 8.57. The highest BCUT2D eigenvalue weighted by molar-refractivity contribution is 5.85. The summed E-state index contributed by atoms with van der Waals surface area (Å²) in [5.74, 6) is -0.319. The fraction of sp³-hybridized carbons (Fsp3) is 0.467. The molecule has 1 aromatic rings. The van der Waals surface area contributed by atoms with Crippen molar-refractivity contribution in [3.8, 4) is 0 Å². The van der Waals surface area contributed by atoms with Gasteiger partial charge in [-0.3, -0.25) is 9.59 Å². The summed E-state index contributed by atoms with van der Waals surface area (Å²) in [6, 6.07) is 10.2. The predicted octanol–water partition coefficient (Wildman–Crippen LogP) is 0.732. The van der Waals surface area contributed by atoms with Crippen molar-refractivity contribution >= 4 is 11.8 Å². The van der Waals surface area contributed by atoms with Gasteiger partial charge in [0.25, 0.3) is 0 Å². The molecule has 20 heavy (non-hydrogen) atoms. The lowest BCUT2D eigenvalue weighted by Gasteiger charge is -2.14. The molecule has 3 N–H and O–H groups in total. The van der Waals surface area contributed by atoms with Gasteiger partial charge in [-0.05, 0) is 25.3 Å². The van der Waals surface area contributed by atoms with Gasteiger partial charge < -0.3 is 16.0 Å². The van der Waals surface area contributed by atoms with Crippen LogP contribution in [0.5, 0.6) is 0 Å². The molecule has 0 bridgehead atoms. The molecule has 2 amide bonds. The van der Waals surface area contributed by atoms with Crippen LogP contribution in [0.2, 0.25) is 0 Å². The molecule has 1 aliphatic carbocycles. The smallest absolute Gasteiger partial charge is 0.239 e. The fourth-order valence-corrected chi connectivity index (χ4v) is 1.88. The monoisotopic (exact) mass is 275 g/mol.